The first-order valence-corrected chi connectivity index (χ1v) is 22.4. The zero-order valence-electron chi connectivity index (χ0n) is 34.3. The minimum atomic E-state index is -1.56. The van der Waals surface area contributed by atoms with E-state index in [-0.39, 0.29) is 12.5 Å². The highest BCUT2D eigenvalue weighted by atomic mass is 16.7. The summed E-state index contributed by atoms with van der Waals surface area (Å²) in [5, 5.41) is 54.1. The molecular weight excluding hydrogens is 670 g/mol. The quantitative estimate of drug-likeness (QED) is 0.0272. The number of unbranched alkanes of at least 4 members (excludes halogenated alkanes) is 27. The zero-order valence-corrected chi connectivity index (χ0v) is 34.3. The molecule has 1 heterocycles. The molecule has 0 aromatic heterocycles. The van der Waals surface area contributed by atoms with Crippen molar-refractivity contribution in [1.82, 2.24) is 5.32 Å². The van der Waals surface area contributed by atoms with E-state index in [1.807, 2.05) is 6.08 Å². The molecule has 53 heavy (non-hydrogen) atoms. The SMILES string of the molecule is CCCCCCCCCCCCC/C=C/C(O)C(COC1OC(CO)C(O)C(O)C1O)NC(=O)CCCCCCCCCCCCCCCCCCC. The molecule has 7 unspecified atom stereocenters. The Kier molecular flexibility index (Phi) is 33.3. The Bertz CT molecular complexity index is 842. The number of ether oxygens (including phenoxy) is 2. The van der Waals surface area contributed by atoms with Crippen LogP contribution in [-0.4, -0.2) is 87.5 Å². The van der Waals surface area contributed by atoms with Crippen molar-refractivity contribution in [2.45, 2.75) is 249 Å². The summed E-state index contributed by atoms with van der Waals surface area (Å²) < 4.78 is 11.2. The van der Waals surface area contributed by atoms with Crippen molar-refractivity contribution in [3.8, 4) is 0 Å². The Labute approximate surface area is 325 Å². The van der Waals surface area contributed by atoms with Crippen LogP contribution < -0.4 is 5.32 Å². The van der Waals surface area contributed by atoms with Crippen LogP contribution in [0.4, 0.5) is 0 Å². The predicted molar refractivity (Wildman–Crippen MR) is 217 cm³/mol. The number of hydrogen-bond acceptors (Lipinski definition) is 8. The molecule has 1 fully saturated rings. The van der Waals surface area contributed by atoms with E-state index >= 15 is 0 Å². The maximum Gasteiger partial charge on any atom is 0.220 e. The Hall–Kier alpha value is -1.07. The molecule has 6 N–H and O–H groups in total. The molecule has 9 nitrogen and oxygen atoms in total. The molecule has 0 radical (unpaired) electrons. The van der Waals surface area contributed by atoms with Crippen molar-refractivity contribution < 1.29 is 39.8 Å². The fourth-order valence-electron chi connectivity index (χ4n) is 7.21. The van der Waals surface area contributed by atoms with E-state index in [4.69, 9.17) is 9.47 Å². The zero-order chi connectivity index (χ0) is 38.8. The van der Waals surface area contributed by atoms with Crippen LogP contribution in [0.1, 0.15) is 206 Å². The van der Waals surface area contributed by atoms with E-state index in [0.717, 1.165) is 38.5 Å². The number of hydrogen-bond donors (Lipinski definition) is 6. The third kappa shape index (κ3) is 26.4. The lowest BCUT2D eigenvalue weighted by Gasteiger charge is -2.40. The average molecular weight is 756 g/mol. The molecule has 0 spiro atoms. The summed E-state index contributed by atoms with van der Waals surface area (Å²) in [5.41, 5.74) is 0. The van der Waals surface area contributed by atoms with E-state index in [0.29, 0.717) is 6.42 Å². The van der Waals surface area contributed by atoms with Gasteiger partial charge in [0.05, 0.1) is 25.4 Å². The van der Waals surface area contributed by atoms with Crippen molar-refractivity contribution in [2.75, 3.05) is 13.2 Å². The van der Waals surface area contributed by atoms with Crippen LogP contribution in [0, 0.1) is 0 Å². The number of allylic oxidation sites excluding steroid dienone is 1. The van der Waals surface area contributed by atoms with E-state index < -0.39 is 49.5 Å². The molecule has 0 bridgehead atoms. The standard InChI is InChI=1S/C44H85NO8/c1-3-5-7-9-11-13-15-17-18-19-20-22-24-26-28-30-32-34-40(48)45-37(36-52-44-43(51)42(50)41(49)39(35-46)53-44)38(47)33-31-29-27-25-23-21-16-14-12-10-8-6-4-2/h31,33,37-39,41-44,46-47,49-51H,3-30,32,34-36H2,1-2H3,(H,45,48)/b33-31+. The maximum atomic E-state index is 12.9. The van der Waals surface area contributed by atoms with Crippen molar-refractivity contribution in [3.63, 3.8) is 0 Å². The van der Waals surface area contributed by atoms with Gasteiger partial charge >= 0.3 is 0 Å². The van der Waals surface area contributed by atoms with Crippen LogP contribution >= 0.6 is 0 Å². The first-order valence-electron chi connectivity index (χ1n) is 22.4. The molecule has 7 atom stereocenters. The Morgan fingerprint density at radius 1 is 0.623 bits per heavy atom. The van der Waals surface area contributed by atoms with Crippen LogP contribution in [0.25, 0.3) is 0 Å². The summed E-state index contributed by atoms with van der Waals surface area (Å²) in [6.07, 6.45) is 32.5. The molecule has 9 heteroatoms. The van der Waals surface area contributed by atoms with Crippen molar-refractivity contribution >= 4 is 5.91 Å². The van der Waals surface area contributed by atoms with Gasteiger partial charge in [0.1, 0.15) is 24.4 Å². The maximum absolute atomic E-state index is 12.9. The highest BCUT2D eigenvalue weighted by Gasteiger charge is 2.44. The number of aliphatic hydroxyl groups is 5. The molecule has 1 aliphatic heterocycles. The third-order valence-corrected chi connectivity index (χ3v) is 10.9. The second-order valence-electron chi connectivity index (χ2n) is 15.9. The minimum absolute atomic E-state index is 0.175. The number of aliphatic hydroxyl groups excluding tert-OH is 5. The van der Waals surface area contributed by atoms with E-state index in [1.165, 1.54) is 148 Å². The van der Waals surface area contributed by atoms with Gasteiger partial charge in [0.2, 0.25) is 5.91 Å². The monoisotopic (exact) mass is 756 g/mol. The van der Waals surface area contributed by atoms with Gasteiger partial charge in [-0.3, -0.25) is 4.79 Å². The third-order valence-electron chi connectivity index (χ3n) is 10.9. The van der Waals surface area contributed by atoms with E-state index in [1.54, 1.807) is 6.08 Å². The van der Waals surface area contributed by atoms with Crippen LogP contribution in [0.3, 0.4) is 0 Å². The fraction of sp³-hybridized carbons (Fsp3) is 0.932. The van der Waals surface area contributed by atoms with Crippen LogP contribution in [0.15, 0.2) is 12.2 Å². The summed E-state index contributed by atoms with van der Waals surface area (Å²) >= 11 is 0. The topological polar surface area (TPSA) is 149 Å². The Balaban J connectivity index is 2.35. The molecule has 0 aromatic carbocycles. The van der Waals surface area contributed by atoms with Gasteiger partial charge in [-0.1, -0.05) is 193 Å². The Morgan fingerprint density at radius 3 is 1.47 bits per heavy atom. The number of nitrogens with one attached hydrogen (secondary N) is 1. The molecule has 0 saturated carbocycles. The lowest BCUT2D eigenvalue weighted by molar-refractivity contribution is -0.302. The molecule has 1 rings (SSSR count). The summed E-state index contributed by atoms with van der Waals surface area (Å²) in [7, 11) is 0. The molecule has 314 valence electrons. The summed E-state index contributed by atoms with van der Waals surface area (Å²) in [4.78, 5) is 12.9. The van der Waals surface area contributed by atoms with Crippen LogP contribution in [-0.2, 0) is 14.3 Å². The van der Waals surface area contributed by atoms with Crippen molar-refractivity contribution in [2.24, 2.45) is 0 Å². The molecule has 1 amide bonds. The van der Waals surface area contributed by atoms with Gasteiger partial charge in [-0.25, -0.2) is 0 Å². The largest absolute Gasteiger partial charge is 0.394 e. The van der Waals surface area contributed by atoms with Gasteiger partial charge in [0.15, 0.2) is 6.29 Å². The lowest BCUT2D eigenvalue weighted by Crippen LogP contribution is -2.60. The van der Waals surface area contributed by atoms with Gasteiger partial charge in [0, 0.05) is 6.42 Å². The first kappa shape index (κ1) is 49.9. The number of rotatable bonds is 37. The highest BCUT2D eigenvalue weighted by Crippen LogP contribution is 2.23. The summed E-state index contributed by atoms with van der Waals surface area (Å²) in [6.45, 7) is 3.77. The summed E-state index contributed by atoms with van der Waals surface area (Å²) in [5.74, 6) is -0.175. The van der Waals surface area contributed by atoms with Crippen LogP contribution in [0.2, 0.25) is 0 Å². The molecule has 0 aromatic rings. The second-order valence-corrected chi connectivity index (χ2v) is 15.9. The van der Waals surface area contributed by atoms with E-state index in [9.17, 15) is 30.3 Å². The molecule has 0 aliphatic carbocycles. The minimum Gasteiger partial charge on any atom is -0.394 e. The highest BCUT2D eigenvalue weighted by molar-refractivity contribution is 5.76. The average Bonchev–Trinajstić information content (AvgIpc) is 3.16. The van der Waals surface area contributed by atoms with Crippen LogP contribution in [0.5, 0.6) is 0 Å². The first-order chi connectivity index (χ1) is 25.8. The molecular formula is C44H85NO8. The Morgan fingerprint density at radius 2 is 1.04 bits per heavy atom. The fourth-order valence-corrected chi connectivity index (χ4v) is 7.21. The number of carbonyl (C=O) groups is 1. The van der Waals surface area contributed by atoms with Gasteiger partial charge in [-0.05, 0) is 19.3 Å². The van der Waals surface area contributed by atoms with Crippen molar-refractivity contribution in [3.05, 3.63) is 12.2 Å². The van der Waals surface area contributed by atoms with Crippen molar-refractivity contribution in [1.29, 1.82) is 0 Å². The van der Waals surface area contributed by atoms with Gasteiger partial charge in [-0.2, -0.15) is 0 Å². The molecule has 1 aliphatic rings. The van der Waals surface area contributed by atoms with Gasteiger partial charge in [0.25, 0.3) is 0 Å². The second kappa shape index (κ2) is 35.4. The summed E-state index contributed by atoms with van der Waals surface area (Å²) in [6, 6.07) is -0.797. The van der Waals surface area contributed by atoms with Gasteiger partial charge in [-0.15, -0.1) is 0 Å². The van der Waals surface area contributed by atoms with Gasteiger partial charge < -0.3 is 40.3 Å². The number of amides is 1. The predicted octanol–water partition coefficient (Wildman–Crippen LogP) is 8.95. The molecule has 1 saturated heterocycles. The smallest absolute Gasteiger partial charge is 0.220 e. The lowest BCUT2D eigenvalue weighted by atomic mass is 9.99. The van der Waals surface area contributed by atoms with E-state index in [2.05, 4.69) is 19.2 Å². The normalized spacial score (nSPS) is 21.7. The number of carbonyl (C=O) groups excluding carboxylic acids is 1.